The molecule has 2 N–H and O–H groups in total. The Balaban J connectivity index is 1.79. The number of nitrogens with zero attached hydrogens (tertiary/aromatic N) is 2. The second-order valence-electron chi connectivity index (χ2n) is 5.56. The highest BCUT2D eigenvalue weighted by Gasteiger charge is 2.21. The Bertz CT molecular complexity index is 765. The molecule has 2 heterocycles. The van der Waals surface area contributed by atoms with E-state index in [1.165, 1.54) is 28.8 Å². The molecule has 2 aromatic heterocycles. The van der Waals surface area contributed by atoms with Gasteiger partial charge in [0, 0.05) is 28.2 Å². The predicted molar refractivity (Wildman–Crippen MR) is 86.5 cm³/mol. The molecule has 1 unspecified atom stereocenters. The highest BCUT2D eigenvalue weighted by molar-refractivity contribution is 7.11. The van der Waals surface area contributed by atoms with E-state index in [2.05, 4.69) is 17.1 Å². The molecule has 106 valence electrons. The second kappa shape index (κ2) is 5.20. The maximum absolute atomic E-state index is 6.50. The van der Waals surface area contributed by atoms with Crippen LogP contribution in [0.5, 0.6) is 0 Å². The Morgan fingerprint density at radius 2 is 1.95 bits per heavy atom. The number of aryl methyl sites for hydroxylation is 2. The van der Waals surface area contributed by atoms with Gasteiger partial charge < -0.3 is 5.73 Å². The topological polar surface area (TPSA) is 51.8 Å². The van der Waals surface area contributed by atoms with Gasteiger partial charge in [-0.2, -0.15) is 0 Å². The molecular formula is C17H17N3S. The Morgan fingerprint density at radius 3 is 2.86 bits per heavy atom. The third-order valence-corrected chi connectivity index (χ3v) is 5.40. The summed E-state index contributed by atoms with van der Waals surface area (Å²) in [6.45, 7) is 0. The maximum Gasteiger partial charge on any atom is 0.115 e. The molecule has 3 nitrogen and oxygen atoms in total. The van der Waals surface area contributed by atoms with E-state index in [9.17, 15) is 0 Å². The van der Waals surface area contributed by atoms with Crippen LogP contribution >= 0.6 is 11.3 Å². The van der Waals surface area contributed by atoms with E-state index >= 15 is 0 Å². The quantitative estimate of drug-likeness (QED) is 0.785. The molecule has 0 saturated heterocycles. The molecule has 0 saturated carbocycles. The second-order valence-corrected chi connectivity index (χ2v) is 6.67. The number of hydrogen-bond donors (Lipinski definition) is 1. The minimum absolute atomic E-state index is 0.181. The van der Waals surface area contributed by atoms with Crippen LogP contribution in [0.15, 0.2) is 36.7 Å². The van der Waals surface area contributed by atoms with E-state index < -0.39 is 0 Å². The number of aromatic nitrogens is 2. The van der Waals surface area contributed by atoms with Crippen molar-refractivity contribution in [1.29, 1.82) is 0 Å². The molecule has 4 heteroatoms. The third-order valence-electron chi connectivity index (χ3n) is 4.16. The summed E-state index contributed by atoms with van der Waals surface area (Å²) in [5.74, 6) is 0. The van der Waals surface area contributed by atoms with Gasteiger partial charge >= 0.3 is 0 Å². The molecule has 21 heavy (non-hydrogen) atoms. The van der Waals surface area contributed by atoms with Crippen LogP contribution in [-0.4, -0.2) is 9.97 Å². The Hall–Kier alpha value is -1.78. The normalized spacial score (nSPS) is 15.9. The fraction of sp³-hybridized carbons (Fsp3) is 0.294. The molecule has 1 aliphatic rings. The first-order chi connectivity index (χ1) is 10.3. The van der Waals surface area contributed by atoms with Gasteiger partial charge in [-0.25, -0.2) is 4.98 Å². The molecule has 1 aromatic carbocycles. The number of pyridine rings is 1. The van der Waals surface area contributed by atoms with E-state index in [1.807, 2.05) is 24.5 Å². The van der Waals surface area contributed by atoms with Gasteiger partial charge in [-0.1, -0.05) is 24.3 Å². The Kier molecular flexibility index (Phi) is 3.20. The zero-order valence-electron chi connectivity index (χ0n) is 11.7. The maximum atomic E-state index is 6.50. The van der Waals surface area contributed by atoms with Crippen LogP contribution < -0.4 is 5.73 Å². The summed E-state index contributed by atoms with van der Waals surface area (Å²) in [6, 6.07) is 8.08. The molecule has 1 atom stereocenters. The van der Waals surface area contributed by atoms with Crippen molar-refractivity contribution in [3.05, 3.63) is 57.8 Å². The van der Waals surface area contributed by atoms with Crippen molar-refractivity contribution in [3.8, 4) is 0 Å². The molecule has 1 aliphatic carbocycles. The highest BCUT2D eigenvalue weighted by atomic mass is 32.1. The number of hydrogen-bond acceptors (Lipinski definition) is 4. The van der Waals surface area contributed by atoms with Gasteiger partial charge in [0.05, 0.1) is 11.7 Å². The van der Waals surface area contributed by atoms with Crippen molar-refractivity contribution in [2.24, 2.45) is 5.73 Å². The van der Waals surface area contributed by atoms with Gasteiger partial charge in [0.15, 0.2) is 0 Å². The van der Waals surface area contributed by atoms with Crippen LogP contribution in [0.4, 0.5) is 0 Å². The third kappa shape index (κ3) is 2.24. The van der Waals surface area contributed by atoms with E-state index in [-0.39, 0.29) is 6.04 Å². The molecule has 0 radical (unpaired) electrons. The number of rotatable bonds is 2. The van der Waals surface area contributed by atoms with Crippen LogP contribution in [0.25, 0.3) is 10.8 Å². The van der Waals surface area contributed by atoms with Gasteiger partial charge in [-0.3, -0.25) is 4.98 Å². The van der Waals surface area contributed by atoms with Gasteiger partial charge in [-0.05, 0) is 31.1 Å². The fourth-order valence-corrected chi connectivity index (χ4v) is 4.20. The summed E-state index contributed by atoms with van der Waals surface area (Å²) in [5.41, 5.74) is 8.84. The first kappa shape index (κ1) is 12.9. The van der Waals surface area contributed by atoms with Crippen molar-refractivity contribution in [2.45, 2.75) is 31.7 Å². The smallest absolute Gasteiger partial charge is 0.115 e. The molecular weight excluding hydrogens is 278 g/mol. The van der Waals surface area contributed by atoms with Crippen LogP contribution in [0.1, 0.15) is 40.0 Å². The zero-order valence-corrected chi connectivity index (χ0v) is 12.6. The van der Waals surface area contributed by atoms with Gasteiger partial charge in [0.1, 0.15) is 5.01 Å². The average molecular weight is 295 g/mol. The van der Waals surface area contributed by atoms with Crippen LogP contribution in [0.3, 0.4) is 0 Å². The molecule has 0 spiro atoms. The van der Waals surface area contributed by atoms with Crippen molar-refractivity contribution in [2.75, 3.05) is 0 Å². The lowest BCUT2D eigenvalue weighted by atomic mass is 10.0. The number of fused-ring (bicyclic) bond motifs is 2. The SMILES string of the molecule is NC(c1nc2c(s1)CCCC2)c1cncc2ccccc12. The summed E-state index contributed by atoms with van der Waals surface area (Å²) in [7, 11) is 0. The van der Waals surface area contributed by atoms with Crippen molar-refractivity contribution < 1.29 is 0 Å². The van der Waals surface area contributed by atoms with E-state index in [4.69, 9.17) is 10.7 Å². The molecule has 4 rings (SSSR count). The van der Waals surface area contributed by atoms with Crippen molar-refractivity contribution >= 4 is 22.1 Å². The molecule has 3 aromatic rings. The first-order valence-corrected chi connectivity index (χ1v) is 8.21. The highest BCUT2D eigenvalue weighted by Crippen LogP contribution is 2.33. The van der Waals surface area contributed by atoms with E-state index in [1.54, 1.807) is 11.3 Å². The predicted octanol–water partition coefficient (Wildman–Crippen LogP) is 3.62. The lowest BCUT2D eigenvalue weighted by Gasteiger charge is -2.11. The van der Waals surface area contributed by atoms with Gasteiger partial charge in [-0.15, -0.1) is 11.3 Å². The summed E-state index contributed by atoms with van der Waals surface area (Å²) in [4.78, 5) is 10.6. The summed E-state index contributed by atoms with van der Waals surface area (Å²) in [5, 5.41) is 3.33. The zero-order chi connectivity index (χ0) is 14.2. The number of nitrogens with two attached hydrogens (primary N) is 1. The monoisotopic (exact) mass is 295 g/mol. The molecule has 0 bridgehead atoms. The standard InChI is InChI=1S/C17H17N3S/c18-16(17-20-14-7-3-4-8-15(14)21-17)13-10-19-9-11-5-1-2-6-12(11)13/h1-2,5-6,9-10,16H,3-4,7-8,18H2. The Morgan fingerprint density at radius 1 is 1.10 bits per heavy atom. The largest absolute Gasteiger partial charge is 0.318 e. The fourth-order valence-electron chi connectivity index (χ4n) is 3.03. The minimum Gasteiger partial charge on any atom is -0.318 e. The van der Waals surface area contributed by atoms with E-state index in [0.29, 0.717) is 0 Å². The number of thiazole rings is 1. The average Bonchev–Trinajstić information content (AvgIpc) is 2.97. The molecule has 0 fully saturated rings. The minimum atomic E-state index is -0.181. The summed E-state index contributed by atoms with van der Waals surface area (Å²) < 4.78 is 0. The molecule has 0 aliphatic heterocycles. The first-order valence-electron chi connectivity index (χ1n) is 7.39. The van der Waals surface area contributed by atoms with Gasteiger partial charge in [0.2, 0.25) is 0 Å². The van der Waals surface area contributed by atoms with Crippen LogP contribution in [0, 0.1) is 0 Å². The van der Waals surface area contributed by atoms with E-state index in [0.717, 1.165) is 28.8 Å². The summed E-state index contributed by atoms with van der Waals surface area (Å²) >= 11 is 1.78. The molecule has 0 amide bonds. The lowest BCUT2D eigenvalue weighted by Crippen LogP contribution is -2.12. The van der Waals surface area contributed by atoms with Crippen LogP contribution in [-0.2, 0) is 12.8 Å². The van der Waals surface area contributed by atoms with Gasteiger partial charge in [0.25, 0.3) is 0 Å². The Labute approximate surface area is 127 Å². The van der Waals surface area contributed by atoms with Crippen molar-refractivity contribution in [3.63, 3.8) is 0 Å². The number of benzene rings is 1. The lowest BCUT2D eigenvalue weighted by molar-refractivity contribution is 0.678. The van der Waals surface area contributed by atoms with Crippen LogP contribution in [0.2, 0.25) is 0 Å². The van der Waals surface area contributed by atoms with Crippen molar-refractivity contribution in [1.82, 2.24) is 9.97 Å². The summed E-state index contributed by atoms with van der Waals surface area (Å²) in [6.07, 6.45) is 8.56.